The van der Waals surface area contributed by atoms with Crippen molar-refractivity contribution in [2.24, 2.45) is 11.8 Å². The Hall–Kier alpha value is -1.42. The number of carbonyl (C=O) groups is 1. The normalized spacial score (nSPS) is 24.5. The number of hydrogen-bond acceptors (Lipinski definition) is 2. The summed E-state index contributed by atoms with van der Waals surface area (Å²) in [5.41, 5.74) is 1.72. The third-order valence-electron chi connectivity index (χ3n) is 4.64. The van der Waals surface area contributed by atoms with E-state index in [0.717, 1.165) is 36.4 Å². The predicted octanol–water partition coefficient (Wildman–Crippen LogP) is 2.56. The molecular formula is C17H23FN2O. The standard InChI is InChI=1S/C17H23FN2O/c1-11-5-8-13-14(3-2-4-15(13)18)17(11)20-16(21)10-19-9-12-6-7-12/h2-4,11-12,17,19H,5-10H2,1H3,(H,20,21). The molecule has 1 fully saturated rings. The number of fused-ring (bicyclic) bond motifs is 1. The molecule has 3 rings (SSSR count). The van der Waals surface area contributed by atoms with E-state index in [4.69, 9.17) is 0 Å². The number of benzene rings is 1. The van der Waals surface area contributed by atoms with E-state index in [1.807, 2.05) is 6.07 Å². The molecule has 2 aliphatic rings. The second kappa shape index (κ2) is 6.14. The van der Waals surface area contributed by atoms with E-state index >= 15 is 0 Å². The third-order valence-corrected chi connectivity index (χ3v) is 4.64. The van der Waals surface area contributed by atoms with Gasteiger partial charge >= 0.3 is 0 Å². The molecule has 3 nitrogen and oxygen atoms in total. The average Bonchev–Trinajstić information content (AvgIpc) is 3.26. The molecule has 4 heteroatoms. The van der Waals surface area contributed by atoms with Gasteiger partial charge in [-0.25, -0.2) is 4.39 Å². The highest BCUT2D eigenvalue weighted by molar-refractivity contribution is 5.78. The van der Waals surface area contributed by atoms with Crippen molar-refractivity contribution in [3.05, 3.63) is 35.1 Å². The van der Waals surface area contributed by atoms with Crippen LogP contribution in [0.5, 0.6) is 0 Å². The summed E-state index contributed by atoms with van der Waals surface area (Å²) in [5, 5.41) is 6.28. The van der Waals surface area contributed by atoms with Crippen molar-refractivity contribution in [1.29, 1.82) is 0 Å². The second-order valence-corrected chi connectivity index (χ2v) is 6.44. The van der Waals surface area contributed by atoms with Gasteiger partial charge in [-0.3, -0.25) is 4.79 Å². The second-order valence-electron chi connectivity index (χ2n) is 6.44. The SMILES string of the molecule is CC1CCc2c(F)cccc2C1NC(=O)CNCC1CC1. The van der Waals surface area contributed by atoms with Crippen molar-refractivity contribution in [3.8, 4) is 0 Å². The molecule has 2 aliphatic carbocycles. The molecule has 0 aliphatic heterocycles. The first-order valence-electron chi connectivity index (χ1n) is 7.92. The lowest BCUT2D eigenvalue weighted by Crippen LogP contribution is -2.40. The maximum absolute atomic E-state index is 13.9. The summed E-state index contributed by atoms with van der Waals surface area (Å²) in [7, 11) is 0. The van der Waals surface area contributed by atoms with E-state index in [1.54, 1.807) is 6.07 Å². The molecule has 0 radical (unpaired) electrons. The molecule has 114 valence electrons. The first-order valence-corrected chi connectivity index (χ1v) is 7.92. The number of amides is 1. The van der Waals surface area contributed by atoms with Gasteiger partial charge < -0.3 is 10.6 Å². The fourth-order valence-corrected chi connectivity index (χ4v) is 3.13. The first kappa shape index (κ1) is 14.5. The van der Waals surface area contributed by atoms with Crippen LogP contribution in [0.25, 0.3) is 0 Å². The third kappa shape index (κ3) is 3.43. The molecule has 2 N–H and O–H groups in total. The summed E-state index contributed by atoms with van der Waals surface area (Å²) in [6.07, 6.45) is 4.23. The van der Waals surface area contributed by atoms with Crippen LogP contribution in [0, 0.1) is 17.7 Å². The first-order chi connectivity index (χ1) is 10.1. The molecule has 21 heavy (non-hydrogen) atoms. The molecule has 1 aromatic rings. The van der Waals surface area contributed by atoms with Crippen molar-refractivity contribution in [2.75, 3.05) is 13.1 Å². The number of hydrogen-bond donors (Lipinski definition) is 2. The lowest BCUT2D eigenvalue weighted by Gasteiger charge is -2.32. The van der Waals surface area contributed by atoms with Gasteiger partial charge in [0.15, 0.2) is 0 Å². The molecule has 0 heterocycles. The molecule has 1 aromatic carbocycles. The summed E-state index contributed by atoms with van der Waals surface area (Å²) in [5.74, 6) is 0.961. The highest BCUT2D eigenvalue weighted by atomic mass is 19.1. The summed E-state index contributed by atoms with van der Waals surface area (Å²) in [6, 6.07) is 5.11. The van der Waals surface area contributed by atoms with Crippen molar-refractivity contribution in [3.63, 3.8) is 0 Å². The smallest absolute Gasteiger partial charge is 0.234 e. The predicted molar refractivity (Wildman–Crippen MR) is 80.4 cm³/mol. The van der Waals surface area contributed by atoms with Gasteiger partial charge in [0.05, 0.1) is 12.6 Å². The molecule has 0 aromatic heterocycles. The van der Waals surface area contributed by atoms with Crippen LogP contribution in [0.3, 0.4) is 0 Å². The van der Waals surface area contributed by atoms with Gasteiger partial charge in [0.2, 0.25) is 5.91 Å². The molecule has 2 unspecified atom stereocenters. The maximum Gasteiger partial charge on any atom is 0.234 e. The summed E-state index contributed by atoms with van der Waals surface area (Å²) >= 11 is 0. The molecule has 1 saturated carbocycles. The van der Waals surface area contributed by atoms with Crippen LogP contribution >= 0.6 is 0 Å². The topological polar surface area (TPSA) is 41.1 Å². The van der Waals surface area contributed by atoms with E-state index in [-0.39, 0.29) is 17.8 Å². The maximum atomic E-state index is 13.9. The lowest BCUT2D eigenvalue weighted by atomic mass is 9.80. The van der Waals surface area contributed by atoms with Crippen molar-refractivity contribution in [2.45, 2.75) is 38.6 Å². The van der Waals surface area contributed by atoms with E-state index in [9.17, 15) is 9.18 Å². The molecule has 0 spiro atoms. The average molecular weight is 290 g/mol. The minimum atomic E-state index is -0.148. The summed E-state index contributed by atoms with van der Waals surface area (Å²) in [6.45, 7) is 3.40. The highest BCUT2D eigenvalue weighted by Crippen LogP contribution is 2.35. The van der Waals surface area contributed by atoms with Crippen LogP contribution in [0.4, 0.5) is 4.39 Å². The zero-order valence-corrected chi connectivity index (χ0v) is 12.5. The van der Waals surface area contributed by atoms with E-state index < -0.39 is 0 Å². The molecule has 2 atom stereocenters. The Morgan fingerprint density at radius 3 is 2.90 bits per heavy atom. The molecular weight excluding hydrogens is 267 g/mol. The molecule has 0 saturated heterocycles. The van der Waals surface area contributed by atoms with Crippen LogP contribution in [-0.4, -0.2) is 19.0 Å². The van der Waals surface area contributed by atoms with Gasteiger partial charge in [-0.15, -0.1) is 0 Å². The Balaban J connectivity index is 1.63. The lowest BCUT2D eigenvalue weighted by molar-refractivity contribution is -0.121. The number of carbonyl (C=O) groups excluding carboxylic acids is 1. The van der Waals surface area contributed by atoms with E-state index in [2.05, 4.69) is 17.6 Å². The number of nitrogens with one attached hydrogen (secondary N) is 2. The van der Waals surface area contributed by atoms with Gasteiger partial charge in [0, 0.05) is 0 Å². The largest absolute Gasteiger partial charge is 0.348 e. The van der Waals surface area contributed by atoms with Crippen LogP contribution in [0.1, 0.15) is 43.4 Å². The van der Waals surface area contributed by atoms with Crippen LogP contribution in [0.15, 0.2) is 18.2 Å². The Kier molecular flexibility index (Phi) is 4.24. The highest BCUT2D eigenvalue weighted by Gasteiger charge is 2.29. The van der Waals surface area contributed by atoms with Crippen molar-refractivity contribution >= 4 is 5.91 Å². The minimum absolute atomic E-state index is 0.00427. The van der Waals surface area contributed by atoms with Gasteiger partial charge in [0.25, 0.3) is 0 Å². The van der Waals surface area contributed by atoms with Crippen LogP contribution in [0.2, 0.25) is 0 Å². The fraction of sp³-hybridized carbons (Fsp3) is 0.588. The Bertz CT molecular complexity index is 528. The van der Waals surface area contributed by atoms with Crippen molar-refractivity contribution < 1.29 is 9.18 Å². The summed E-state index contributed by atoms with van der Waals surface area (Å²) in [4.78, 5) is 12.1. The summed E-state index contributed by atoms with van der Waals surface area (Å²) < 4.78 is 13.9. The van der Waals surface area contributed by atoms with Crippen molar-refractivity contribution in [1.82, 2.24) is 10.6 Å². The number of rotatable bonds is 5. The quantitative estimate of drug-likeness (QED) is 0.875. The fourth-order valence-electron chi connectivity index (χ4n) is 3.13. The van der Waals surface area contributed by atoms with Crippen LogP contribution in [-0.2, 0) is 11.2 Å². The minimum Gasteiger partial charge on any atom is -0.348 e. The Morgan fingerprint density at radius 1 is 1.33 bits per heavy atom. The zero-order valence-electron chi connectivity index (χ0n) is 12.5. The molecule has 0 bridgehead atoms. The van der Waals surface area contributed by atoms with E-state index in [1.165, 1.54) is 18.9 Å². The Labute approximate surface area is 125 Å². The monoisotopic (exact) mass is 290 g/mol. The zero-order chi connectivity index (χ0) is 14.8. The molecule has 1 amide bonds. The number of halogens is 1. The Morgan fingerprint density at radius 2 is 2.14 bits per heavy atom. The van der Waals surface area contributed by atoms with Gasteiger partial charge in [0.1, 0.15) is 5.82 Å². The van der Waals surface area contributed by atoms with Gasteiger partial charge in [-0.1, -0.05) is 19.1 Å². The van der Waals surface area contributed by atoms with Gasteiger partial charge in [-0.2, -0.15) is 0 Å². The van der Waals surface area contributed by atoms with E-state index in [0.29, 0.717) is 12.5 Å². The van der Waals surface area contributed by atoms with Gasteiger partial charge in [-0.05, 0) is 61.3 Å². The van der Waals surface area contributed by atoms with Crippen LogP contribution < -0.4 is 10.6 Å².